The average molecular weight is 290 g/mol. The van der Waals surface area contributed by atoms with E-state index in [1.165, 1.54) is 31.2 Å². The minimum atomic E-state index is 0.392. The highest BCUT2D eigenvalue weighted by Crippen LogP contribution is 2.28. The van der Waals surface area contributed by atoms with Crippen LogP contribution in [0.4, 0.5) is 0 Å². The highest BCUT2D eigenvalue weighted by molar-refractivity contribution is 5.19. The van der Waals surface area contributed by atoms with Gasteiger partial charge in [0.2, 0.25) is 0 Å². The van der Waals surface area contributed by atoms with Crippen LogP contribution in [-0.4, -0.2) is 31.3 Å². The zero-order chi connectivity index (χ0) is 15.1. The van der Waals surface area contributed by atoms with Crippen molar-refractivity contribution in [3.63, 3.8) is 0 Å². The standard InChI is InChI=1S/C18H30N2O/c1-4-9-15(2)18(16-10-6-5-7-11-16)19-20-13-8-12-17(20)14-21-3/h5-7,10-11,15,17-19H,4,8-9,12-14H2,1-3H3/t15-,17+,18+/m1/s1. The molecule has 1 saturated heterocycles. The quantitative estimate of drug-likeness (QED) is 0.788. The van der Waals surface area contributed by atoms with Gasteiger partial charge in [0.1, 0.15) is 0 Å². The second kappa shape index (κ2) is 8.52. The number of hydrogen-bond acceptors (Lipinski definition) is 3. The molecule has 1 aliphatic rings. The lowest BCUT2D eigenvalue weighted by Crippen LogP contribution is -2.47. The minimum absolute atomic E-state index is 0.392. The molecule has 3 nitrogen and oxygen atoms in total. The first-order valence-corrected chi connectivity index (χ1v) is 8.33. The fourth-order valence-electron chi connectivity index (χ4n) is 3.36. The Morgan fingerprint density at radius 3 is 2.76 bits per heavy atom. The molecule has 118 valence electrons. The highest BCUT2D eigenvalue weighted by Gasteiger charge is 2.28. The van der Waals surface area contributed by atoms with Gasteiger partial charge < -0.3 is 4.74 Å². The molecule has 0 aromatic heterocycles. The summed E-state index contributed by atoms with van der Waals surface area (Å²) in [5, 5.41) is 2.41. The summed E-state index contributed by atoms with van der Waals surface area (Å²) in [5.74, 6) is 0.626. The van der Waals surface area contributed by atoms with E-state index < -0.39 is 0 Å². The third-order valence-corrected chi connectivity index (χ3v) is 4.51. The zero-order valence-electron chi connectivity index (χ0n) is 13.7. The first kappa shape index (κ1) is 16.5. The lowest BCUT2D eigenvalue weighted by atomic mass is 9.91. The third-order valence-electron chi connectivity index (χ3n) is 4.51. The van der Waals surface area contributed by atoms with Crippen molar-refractivity contribution >= 4 is 0 Å². The summed E-state index contributed by atoms with van der Waals surface area (Å²) in [6, 6.07) is 11.8. The molecule has 1 aromatic carbocycles. The monoisotopic (exact) mass is 290 g/mol. The summed E-state index contributed by atoms with van der Waals surface area (Å²) in [6.45, 7) is 6.56. The van der Waals surface area contributed by atoms with Crippen LogP contribution in [-0.2, 0) is 4.74 Å². The smallest absolute Gasteiger partial charge is 0.0632 e. The summed E-state index contributed by atoms with van der Waals surface area (Å²) < 4.78 is 5.37. The molecule has 0 saturated carbocycles. The Morgan fingerprint density at radius 1 is 1.33 bits per heavy atom. The molecule has 0 radical (unpaired) electrons. The molecule has 21 heavy (non-hydrogen) atoms. The Hall–Kier alpha value is -0.900. The van der Waals surface area contributed by atoms with Gasteiger partial charge >= 0.3 is 0 Å². The number of nitrogens with one attached hydrogen (secondary N) is 1. The molecule has 3 atom stereocenters. The third kappa shape index (κ3) is 4.53. The number of methoxy groups -OCH3 is 1. The Labute approximate surface area is 129 Å². The summed E-state index contributed by atoms with van der Waals surface area (Å²) >= 11 is 0. The topological polar surface area (TPSA) is 24.5 Å². The van der Waals surface area contributed by atoms with E-state index in [2.05, 4.69) is 54.6 Å². The van der Waals surface area contributed by atoms with Gasteiger partial charge in [0.05, 0.1) is 6.61 Å². The molecule has 0 spiro atoms. The lowest BCUT2D eigenvalue weighted by molar-refractivity contribution is 0.0608. The molecule has 3 heteroatoms. The second-order valence-corrected chi connectivity index (χ2v) is 6.23. The number of benzene rings is 1. The molecular weight excluding hydrogens is 260 g/mol. The summed E-state index contributed by atoms with van der Waals surface area (Å²) in [4.78, 5) is 0. The van der Waals surface area contributed by atoms with Crippen LogP contribution in [0.15, 0.2) is 30.3 Å². The highest BCUT2D eigenvalue weighted by atomic mass is 16.5. The van der Waals surface area contributed by atoms with Crippen LogP contribution in [0.5, 0.6) is 0 Å². The van der Waals surface area contributed by atoms with Gasteiger partial charge in [-0.05, 0) is 30.7 Å². The predicted molar refractivity (Wildman–Crippen MR) is 88.0 cm³/mol. The number of hydrazine groups is 1. The Bertz CT molecular complexity index is 395. The fraction of sp³-hybridized carbons (Fsp3) is 0.667. The summed E-state index contributed by atoms with van der Waals surface area (Å²) in [5.41, 5.74) is 5.20. The van der Waals surface area contributed by atoms with Gasteiger partial charge in [-0.25, -0.2) is 10.4 Å². The van der Waals surface area contributed by atoms with E-state index >= 15 is 0 Å². The van der Waals surface area contributed by atoms with Crippen LogP contribution in [0, 0.1) is 5.92 Å². The van der Waals surface area contributed by atoms with E-state index in [-0.39, 0.29) is 0 Å². The summed E-state index contributed by atoms with van der Waals surface area (Å²) in [7, 11) is 1.80. The molecule has 1 N–H and O–H groups in total. The van der Waals surface area contributed by atoms with Crippen LogP contribution >= 0.6 is 0 Å². The number of nitrogens with zero attached hydrogens (tertiary/aromatic N) is 1. The minimum Gasteiger partial charge on any atom is -0.383 e. The van der Waals surface area contributed by atoms with E-state index in [0.29, 0.717) is 18.0 Å². The van der Waals surface area contributed by atoms with Crippen molar-refractivity contribution in [1.29, 1.82) is 0 Å². The van der Waals surface area contributed by atoms with Crippen molar-refractivity contribution in [3.8, 4) is 0 Å². The van der Waals surface area contributed by atoms with Gasteiger partial charge in [0.15, 0.2) is 0 Å². The maximum absolute atomic E-state index is 5.37. The lowest BCUT2D eigenvalue weighted by Gasteiger charge is -2.33. The molecule has 0 aliphatic carbocycles. The molecule has 0 bridgehead atoms. The first-order chi connectivity index (χ1) is 10.3. The van der Waals surface area contributed by atoms with Gasteiger partial charge in [0, 0.05) is 25.7 Å². The van der Waals surface area contributed by atoms with Gasteiger partial charge in [-0.3, -0.25) is 0 Å². The van der Waals surface area contributed by atoms with Crippen molar-refractivity contribution in [2.24, 2.45) is 5.92 Å². The average Bonchev–Trinajstić information content (AvgIpc) is 2.93. The van der Waals surface area contributed by atoms with Gasteiger partial charge in [-0.2, -0.15) is 0 Å². The van der Waals surface area contributed by atoms with Crippen molar-refractivity contribution in [3.05, 3.63) is 35.9 Å². The molecule has 0 amide bonds. The van der Waals surface area contributed by atoms with Crippen LogP contribution in [0.25, 0.3) is 0 Å². The van der Waals surface area contributed by atoms with E-state index in [1.54, 1.807) is 7.11 Å². The molecule has 1 heterocycles. The molecule has 1 aromatic rings. The number of ether oxygens (including phenoxy) is 1. The number of rotatable bonds is 8. The Morgan fingerprint density at radius 2 is 2.10 bits per heavy atom. The van der Waals surface area contributed by atoms with Crippen molar-refractivity contribution in [2.75, 3.05) is 20.3 Å². The van der Waals surface area contributed by atoms with E-state index in [0.717, 1.165) is 13.2 Å². The number of hydrogen-bond donors (Lipinski definition) is 1. The molecule has 1 aliphatic heterocycles. The van der Waals surface area contributed by atoms with Gasteiger partial charge in [-0.15, -0.1) is 0 Å². The second-order valence-electron chi connectivity index (χ2n) is 6.23. The maximum atomic E-state index is 5.37. The molecule has 2 rings (SSSR count). The summed E-state index contributed by atoms with van der Waals surface area (Å²) in [6.07, 6.45) is 4.96. The van der Waals surface area contributed by atoms with Crippen molar-refractivity contribution in [2.45, 2.75) is 51.6 Å². The van der Waals surface area contributed by atoms with E-state index in [9.17, 15) is 0 Å². The van der Waals surface area contributed by atoms with Crippen LogP contribution in [0.3, 0.4) is 0 Å². The van der Waals surface area contributed by atoms with E-state index in [1.807, 2.05) is 0 Å². The SMILES string of the molecule is CCC[C@@H](C)[C@H](NN1CCC[C@H]1COC)c1ccccc1. The normalized spacial score (nSPS) is 22.3. The molecular formula is C18H30N2O. The Balaban J connectivity index is 2.08. The van der Waals surface area contributed by atoms with Gasteiger partial charge in [-0.1, -0.05) is 50.6 Å². The maximum Gasteiger partial charge on any atom is 0.0632 e. The fourth-order valence-corrected chi connectivity index (χ4v) is 3.36. The zero-order valence-corrected chi connectivity index (χ0v) is 13.7. The van der Waals surface area contributed by atoms with Crippen LogP contribution < -0.4 is 5.43 Å². The van der Waals surface area contributed by atoms with Crippen molar-refractivity contribution in [1.82, 2.24) is 10.4 Å². The van der Waals surface area contributed by atoms with Crippen molar-refractivity contribution < 1.29 is 4.74 Å². The Kier molecular flexibility index (Phi) is 6.68. The predicted octanol–water partition coefficient (Wildman–Crippen LogP) is 3.78. The first-order valence-electron chi connectivity index (χ1n) is 8.33. The van der Waals surface area contributed by atoms with Gasteiger partial charge in [0.25, 0.3) is 0 Å². The van der Waals surface area contributed by atoms with Crippen LogP contribution in [0.2, 0.25) is 0 Å². The largest absolute Gasteiger partial charge is 0.383 e. The molecule has 1 fully saturated rings. The molecule has 0 unspecified atom stereocenters. The van der Waals surface area contributed by atoms with Crippen LogP contribution in [0.1, 0.15) is 51.1 Å². The van der Waals surface area contributed by atoms with E-state index in [4.69, 9.17) is 4.74 Å².